The molecule has 1 aliphatic carbocycles. The fourth-order valence-electron chi connectivity index (χ4n) is 3.98. The molecular weight excluding hydrogens is 316 g/mol. The minimum Gasteiger partial charge on any atom is -0.497 e. The van der Waals surface area contributed by atoms with Crippen LogP contribution in [-0.4, -0.2) is 37.4 Å². The van der Waals surface area contributed by atoms with Crippen molar-refractivity contribution in [3.63, 3.8) is 0 Å². The zero-order valence-corrected chi connectivity index (χ0v) is 15.0. The van der Waals surface area contributed by atoms with E-state index >= 15 is 0 Å². The van der Waals surface area contributed by atoms with Crippen LogP contribution in [0, 0.1) is 5.41 Å². The summed E-state index contributed by atoms with van der Waals surface area (Å²) in [5, 5.41) is 3.11. The average Bonchev–Trinajstić information content (AvgIpc) is 2.64. The molecule has 0 bridgehead atoms. The van der Waals surface area contributed by atoms with Gasteiger partial charge in [-0.25, -0.2) is 0 Å². The fourth-order valence-corrected chi connectivity index (χ4v) is 3.98. The van der Waals surface area contributed by atoms with Gasteiger partial charge in [0.25, 0.3) is 0 Å². The summed E-state index contributed by atoms with van der Waals surface area (Å²) in [5.74, 6) is 0.937. The van der Waals surface area contributed by atoms with Crippen LogP contribution in [0.25, 0.3) is 0 Å². The van der Waals surface area contributed by atoms with Gasteiger partial charge in [-0.2, -0.15) is 0 Å². The molecule has 0 radical (unpaired) electrons. The van der Waals surface area contributed by atoms with Gasteiger partial charge in [0, 0.05) is 31.1 Å². The van der Waals surface area contributed by atoms with Gasteiger partial charge in [0.2, 0.25) is 11.8 Å². The maximum Gasteiger partial charge on any atom is 0.226 e. The zero-order valence-electron chi connectivity index (χ0n) is 15.0. The highest BCUT2D eigenvalue weighted by molar-refractivity contribution is 5.80. The Morgan fingerprint density at radius 2 is 2.20 bits per heavy atom. The monoisotopic (exact) mass is 342 g/mol. The second-order valence-corrected chi connectivity index (χ2v) is 7.02. The summed E-state index contributed by atoms with van der Waals surface area (Å²) in [4.78, 5) is 26.2. The van der Waals surface area contributed by atoms with Gasteiger partial charge >= 0.3 is 0 Å². The molecule has 1 fully saturated rings. The van der Waals surface area contributed by atoms with Crippen LogP contribution in [0.5, 0.6) is 5.75 Å². The summed E-state index contributed by atoms with van der Waals surface area (Å²) in [6.45, 7) is 0.596. The smallest absolute Gasteiger partial charge is 0.226 e. The van der Waals surface area contributed by atoms with Gasteiger partial charge < -0.3 is 15.0 Å². The summed E-state index contributed by atoms with van der Waals surface area (Å²) in [6, 6.07) is 7.58. The first-order valence-corrected chi connectivity index (χ1v) is 8.91. The minimum absolute atomic E-state index is 0.00658. The normalized spacial score (nSPS) is 22.9. The molecule has 5 heteroatoms. The van der Waals surface area contributed by atoms with Gasteiger partial charge in [-0.15, -0.1) is 0 Å². The summed E-state index contributed by atoms with van der Waals surface area (Å²) in [7, 11) is 3.47. The van der Waals surface area contributed by atoms with Crippen molar-refractivity contribution >= 4 is 11.8 Å². The first-order chi connectivity index (χ1) is 12.0. The molecule has 5 nitrogen and oxygen atoms in total. The lowest BCUT2D eigenvalue weighted by Crippen LogP contribution is -2.49. The summed E-state index contributed by atoms with van der Waals surface area (Å²) < 4.78 is 5.21. The quantitative estimate of drug-likeness (QED) is 0.895. The van der Waals surface area contributed by atoms with Crippen LogP contribution in [0.2, 0.25) is 0 Å². The molecule has 1 aromatic rings. The number of hydrogen-bond acceptors (Lipinski definition) is 3. The molecule has 0 spiro atoms. The Labute approximate surface area is 149 Å². The van der Waals surface area contributed by atoms with Crippen LogP contribution in [-0.2, 0) is 16.0 Å². The third-order valence-corrected chi connectivity index (χ3v) is 5.42. The van der Waals surface area contributed by atoms with Crippen LogP contribution < -0.4 is 10.1 Å². The Kier molecular flexibility index (Phi) is 5.11. The number of nitrogens with one attached hydrogen (secondary N) is 1. The van der Waals surface area contributed by atoms with E-state index in [1.165, 1.54) is 0 Å². The molecule has 3 rings (SSSR count). The van der Waals surface area contributed by atoms with Crippen molar-refractivity contribution in [2.45, 2.75) is 38.5 Å². The SMILES string of the molecule is COc1cccc(CC(=O)NCC23CCCC=C2N(C)C(=O)CC3)c1. The van der Waals surface area contributed by atoms with Gasteiger partial charge in [0.05, 0.1) is 13.5 Å². The van der Waals surface area contributed by atoms with E-state index < -0.39 is 0 Å². The Bertz CT molecular complexity index is 698. The van der Waals surface area contributed by atoms with Gasteiger partial charge in [-0.1, -0.05) is 18.2 Å². The molecular formula is C20H26N2O3. The first kappa shape index (κ1) is 17.5. The number of allylic oxidation sites excluding steroid dienone is 1. The van der Waals surface area contributed by atoms with Crippen molar-refractivity contribution < 1.29 is 14.3 Å². The third kappa shape index (κ3) is 3.70. The molecule has 2 amide bonds. The van der Waals surface area contributed by atoms with Crippen molar-refractivity contribution in [1.29, 1.82) is 0 Å². The van der Waals surface area contributed by atoms with E-state index in [4.69, 9.17) is 4.74 Å². The van der Waals surface area contributed by atoms with Crippen molar-refractivity contribution in [2.75, 3.05) is 20.7 Å². The molecule has 1 N–H and O–H groups in total. The van der Waals surface area contributed by atoms with Crippen LogP contribution >= 0.6 is 0 Å². The topological polar surface area (TPSA) is 58.6 Å². The lowest BCUT2D eigenvalue weighted by atomic mass is 9.70. The minimum atomic E-state index is -0.0923. The molecule has 2 aliphatic rings. The van der Waals surface area contributed by atoms with E-state index in [-0.39, 0.29) is 17.2 Å². The molecule has 1 aliphatic heterocycles. The van der Waals surface area contributed by atoms with Crippen molar-refractivity contribution in [3.05, 3.63) is 41.6 Å². The number of amides is 2. The Morgan fingerprint density at radius 1 is 1.36 bits per heavy atom. The molecule has 134 valence electrons. The molecule has 0 saturated carbocycles. The maximum atomic E-state index is 12.4. The van der Waals surface area contributed by atoms with Crippen LogP contribution in [0.1, 0.15) is 37.7 Å². The standard InChI is InChI=1S/C20H26N2O3/c1-22-17-8-3-4-10-20(17,11-9-19(22)24)14-21-18(23)13-15-6-5-7-16(12-15)25-2/h5-8,12H,3-4,9-11,13-14H2,1-2H3,(H,21,23). The summed E-state index contributed by atoms with van der Waals surface area (Å²) in [6.07, 6.45) is 7.02. The number of rotatable bonds is 5. The number of nitrogens with zero attached hydrogens (tertiary/aromatic N) is 1. The highest BCUT2D eigenvalue weighted by Crippen LogP contribution is 2.45. The van der Waals surface area contributed by atoms with E-state index in [1.807, 2.05) is 31.3 Å². The Balaban J connectivity index is 1.65. The van der Waals surface area contributed by atoms with Crippen LogP contribution in [0.4, 0.5) is 0 Å². The number of hydrogen-bond donors (Lipinski definition) is 1. The van der Waals surface area contributed by atoms with Gasteiger partial charge in [0.1, 0.15) is 5.75 Å². The molecule has 1 atom stereocenters. The van der Waals surface area contributed by atoms with E-state index in [2.05, 4.69) is 11.4 Å². The van der Waals surface area contributed by atoms with Gasteiger partial charge in [-0.05, 0) is 43.4 Å². The number of carbonyl (C=O) groups is 2. The number of likely N-dealkylation sites (tertiary alicyclic amines) is 1. The van der Waals surface area contributed by atoms with E-state index in [1.54, 1.807) is 12.0 Å². The van der Waals surface area contributed by atoms with Crippen molar-refractivity contribution in [3.8, 4) is 5.75 Å². The second kappa shape index (κ2) is 7.30. The average molecular weight is 342 g/mol. The highest BCUT2D eigenvalue weighted by atomic mass is 16.5. The Hall–Kier alpha value is -2.30. The van der Waals surface area contributed by atoms with E-state index in [0.29, 0.717) is 19.4 Å². The number of methoxy groups -OCH3 is 1. The fraction of sp³-hybridized carbons (Fsp3) is 0.500. The number of piperidine rings is 1. The molecule has 1 saturated heterocycles. The first-order valence-electron chi connectivity index (χ1n) is 8.91. The van der Waals surface area contributed by atoms with E-state index in [9.17, 15) is 9.59 Å². The van der Waals surface area contributed by atoms with E-state index in [0.717, 1.165) is 42.7 Å². The summed E-state index contributed by atoms with van der Waals surface area (Å²) >= 11 is 0. The number of ether oxygens (including phenoxy) is 1. The lowest BCUT2D eigenvalue weighted by Gasteiger charge is -2.46. The maximum absolute atomic E-state index is 12.4. The van der Waals surface area contributed by atoms with Crippen molar-refractivity contribution in [1.82, 2.24) is 10.2 Å². The van der Waals surface area contributed by atoms with Crippen LogP contribution in [0.15, 0.2) is 36.0 Å². The van der Waals surface area contributed by atoms with Crippen molar-refractivity contribution in [2.24, 2.45) is 5.41 Å². The predicted molar refractivity (Wildman–Crippen MR) is 96.1 cm³/mol. The molecule has 1 heterocycles. The summed E-state index contributed by atoms with van der Waals surface area (Å²) in [5.41, 5.74) is 1.94. The second-order valence-electron chi connectivity index (χ2n) is 7.02. The number of fused-ring (bicyclic) bond motifs is 1. The molecule has 25 heavy (non-hydrogen) atoms. The number of carbonyl (C=O) groups excluding carboxylic acids is 2. The predicted octanol–water partition coefficient (Wildman–Crippen LogP) is 2.66. The lowest BCUT2D eigenvalue weighted by molar-refractivity contribution is -0.132. The number of benzene rings is 1. The third-order valence-electron chi connectivity index (χ3n) is 5.42. The largest absolute Gasteiger partial charge is 0.497 e. The zero-order chi connectivity index (χ0) is 17.9. The van der Waals surface area contributed by atoms with Gasteiger partial charge in [-0.3, -0.25) is 9.59 Å². The molecule has 0 aromatic heterocycles. The van der Waals surface area contributed by atoms with Gasteiger partial charge in [0.15, 0.2) is 0 Å². The van der Waals surface area contributed by atoms with Crippen LogP contribution in [0.3, 0.4) is 0 Å². The highest BCUT2D eigenvalue weighted by Gasteiger charge is 2.43. The molecule has 1 aromatic carbocycles. The Morgan fingerprint density at radius 3 is 3.00 bits per heavy atom. The molecule has 1 unspecified atom stereocenters.